The summed E-state index contributed by atoms with van der Waals surface area (Å²) in [5, 5.41) is 18.3. The van der Waals surface area contributed by atoms with Crippen molar-refractivity contribution in [3.05, 3.63) is 0 Å². The molecule has 4 heteroatoms. The van der Waals surface area contributed by atoms with E-state index in [0.717, 1.165) is 6.42 Å². The number of rotatable bonds is 2. The van der Waals surface area contributed by atoms with Crippen LogP contribution in [0.1, 0.15) is 26.2 Å². The average Bonchev–Trinajstić information content (AvgIpc) is 2.07. The van der Waals surface area contributed by atoms with Gasteiger partial charge in [0, 0.05) is 0 Å². The second kappa shape index (κ2) is 2.79. The summed E-state index contributed by atoms with van der Waals surface area (Å²) < 4.78 is 4.68. The molecule has 4 nitrogen and oxygen atoms in total. The summed E-state index contributed by atoms with van der Waals surface area (Å²) in [6, 6.07) is 0. The summed E-state index contributed by atoms with van der Waals surface area (Å²) in [5.74, 6) is -2.47. The fourth-order valence-electron chi connectivity index (χ4n) is 1.17. The van der Waals surface area contributed by atoms with Crippen LogP contribution < -0.4 is 0 Å². The van der Waals surface area contributed by atoms with Crippen molar-refractivity contribution >= 4 is 5.97 Å². The number of carbonyl (C=O) groups is 1. The molecule has 0 amide bonds. The summed E-state index contributed by atoms with van der Waals surface area (Å²) in [7, 11) is 0. The maximum absolute atomic E-state index is 10.6. The van der Waals surface area contributed by atoms with Crippen LogP contribution in [-0.2, 0) is 9.53 Å². The van der Waals surface area contributed by atoms with Crippen LogP contribution >= 0.6 is 0 Å². The van der Waals surface area contributed by atoms with Crippen LogP contribution in [-0.4, -0.2) is 28.1 Å². The fourth-order valence-corrected chi connectivity index (χ4v) is 1.17. The van der Waals surface area contributed by atoms with Crippen molar-refractivity contribution in [2.45, 2.75) is 38.1 Å². The Morgan fingerprint density at radius 1 is 1.73 bits per heavy atom. The van der Waals surface area contributed by atoms with Crippen LogP contribution in [0.15, 0.2) is 0 Å². The maximum Gasteiger partial charge on any atom is 0.311 e. The second-order valence-electron chi connectivity index (χ2n) is 2.82. The van der Waals surface area contributed by atoms with Crippen molar-refractivity contribution in [2.75, 3.05) is 0 Å². The molecule has 0 aromatic carbocycles. The van der Waals surface area contributed by atoms with Gasteiger partial charge in [0.15, 0.2) is 6.10 Å². The molecule has 1 atom stereocenters. The summed E-state index contributed by atoms with van der Waals surface area (Å²) in [6.07, 6.45) is 0.219. The number of esters is 1. The van der Waals surface area contributed by atoms with E-state index in [1.165, 1.54) is 0 Å². The molecule has 0 spiro atoms. The summed E-state index contributed by atoms with van der Waals surface area (Å²) in [5.41, 5.74) is 0. The Labute approximate surface area is 64.8 Å². The van der Waals surface area contributed by atoms with Gasteiger partial charge in [-0.3, -0.25) is 4.79 Å². The molecule has 1 aliphatic heterocycles. The van der Waals surface area contributed by atoms with E-state index in [9.17, 15) is 4.79 Å². The van der Waals surface area contributed by atoms with Crippen molar-refractivity contribution in [3.8, 4) is 0 Å². The highest BCUT2D eigenvalue weighted by Crippen LogP contribution is 2.26. The molecule has 0 aromatic rings. The molecule has 0 saturated carbocycles. The summed E-state index contributed by atoms with van der Waals surface area (Å²) >= 11 is 0. The average molecular weight is 160 g/mol. The normalized spacial score (nSPS) is 28.6. The third-order valence-corrected chi connectivity index (χ3v) is 1.74. The number of cyclic esters (lactones) is 1. The molecule has 2 N–H and O–H groups in total. The zero-order valence-corrected chi connectivity index (χ0v) is 6.41. The van der Waals surface area contributed by atoms with Gasteiger partial charge < -0.3 is 14.9 Å². The molecule has 1 saturated heterocycles. The zero-order valence-electron chi connectivity index (χ0n) is 6.41. The zero-order chi connectivity index (χ0) is 8.48. The van der Waals surface area contributed by atoms with Gasteiger partial charge in [-0.05, 0) is 6.42 Å². The third-order valence-electron chi connectivity index (χ3n) is 1.74. The SMILES string of the molecule is CCCC1OC(=O)CC1(O)O. The van der Waals surface area contributed by atoms with E-state index in [4.69, 9.17) is 10.2 Å². The minimum Gasteiger partial charge on any atom is -0.456 e. The molecule has 0 bridgehead atoms. The smallest absolute Gasteiger partial charge is 0.311 e. The Morgan fingerprint density at radius 2 is 2.36 bits per heavy atom. The van der Waals surface area contributed by atoms with E-state index >= 15 is 0 Å². The van der Waals surface area contributed by atoms with Gasteiger partial charge in [0.05, 0.1) is 0 Å². The predicted molar refractivity (Wildman–Crippen MR) is 36.6 cm³/mol. The Balaban J connectivity index is 2.58. The summed E-state index contributed by atoms with van der Waals surface area (Å²) in [4.78, 5) is 10.6. The van der Waals surface area contributed by atoms with Crippen molar-refractivity contribution in [2.24, 2.45) is 0 Å². The quantitative estimate of drug-likeness (QED) is 0.433. The van der Waals surface area contributed by atoms with Crippen molar-refractivity contribution in [1.29, 1.82) is 0 Å². The minimum atomic E-state index is -1.94. The highest BCUT2D eigenvalue weighted by atomic mass is 16.6. The number of ether oxygens (including phenoxy) is 1. The van der Waals surface area contributed by atoms with Crippen LogP contribution in [0.4, 0.5) is 0 Å². The predicted octanol–water partition coefficient (Wildman–Crippen LogP) is -0.217. The standard InChI is InChI=1S/C7H12O4/c1-2-3-5-7(9,10)4-6(8)11-5/h5,9-10H,2-4H2,1H3. The largest absolute Gasteiger partial charge is 0.456 e. The van der Waals surface area contributed by atoms with Gasteiger partial charge in [0.1, 0.15) is 6.42 Å². The molecule has 1 aliphatic rings. The van der Waals surface area contributed by atoms with Gasteiger partial charge in [-0.2, -0.15) is 0 Å². The first-order valence-corrected chi connectivity index (χ1v) is 3.70. The molecule has 1 heterocycles. The molecule has 0 aliphatic carbocycles. The number of hydrogen-bond acceptors (Lipinski definition) is 4. The van der Waals surface area contributed by atoms with Gasteiger partial charge in [0.25, 0.3) is 0 Å². The number of carbonyl (C=O) groups excluding carboxylic acids is 1. The lowest BCUT2D eigenvalue weighted by molar-refractivity contribution is -0.194. The highest BCUT2D eigenvalue weighted by Gasteiger charge is 2.45. The first kappa shape index (κ1) is 8.49. The molecule has 1 fully saturated rings. The molecular formula is C7H12O4. The Kier molecular flexibility index (Phi) is 2.15. The highest BCUT2D eigenvalue weighted by molar-refractivity contribution is 5.73. The van der Waals surface area contributed by atoms with E-state index in [1.54, 1.807) is 0 Å². The van der Waals surface area contributed by atoms with Gasteiger partial charge in [-0.15, -0.1) is 0 Å². The lowest BCUT2D eigenvalue weighted by Crippen LogP contribution is -2.37. The van der Waals surface area contributed by atoms with E-state index in [2.05, 4.69) is 4.74 Å². The third kappa shape index (κ3) is 1.70. The Bertz CT molecular complexity index is 164. The van der Waals surface area contributed by atoms with E-state index in [-0.39, 0.29) is 6.42 Å². The van der Waals surface area contributed by atoms with Gasteiger partial charge in [-0.1, -0.05) is 13.3 Å². The lowest BCUT2D eigenvalue weighted by Gasteiger charge is -2.19. The van der Waals surface area contributed by atoms with Crippen LogP contribution in [0.5, 0.6) is 0 Å². The number of aliphatic hydroxyl groups is 2. The molecular weight excluding hydrogens is 148 g/mol. The molecule has 64 valence electrons. The first-order chi connectivity index (χ1) is 5.06. The van der Waals surface area contributed by atoms with Crippen LogP contribution in [0.2, 0.25) is 0 Å². The van der Waals surface area contributed by atoms with E-state index < -0.39 is 17.9 Å². The van der Waals surface area contributed by atoms with E-state index in [1.807, 2.05) is 6.92 Å². The topological polar surface area (TPSA) is 66.8 Å². The van der Waals surface area contributed by atoms with Crippen molar-refractivity contribution in [3.63, 3.8) is 0 Å². The van der Waals surface area contributed by atoms with Crippen LogP contribution in [0.25, 0.3) is 0 Å². The molecule has 1 rings (SSSR count). The van der Waals surface area contributed by atoms with Crippen LogP contribution in [0.3, 0.4) is 0 Å². The van der Waals surface area contributed by atoms with Gasteiger partial charge >= 0.3 is 5.97 Å². The van der Waals surface area contributed by atoms with Crippen molar-refractivity contribution in [1.82, 2.24) is 0 Å². The number of hydrogen-bond donors (Lipinski definition) is 2. The summed E-state index contributed by atoms with van der Waals surface area (Å²) in [6.45, 7) is 1.89. The molecule has 0 radical (unpaired) electrons. The molecule has 1 unspecified atom stereocenters. The monoisotopic (exact) mass is 160 g/mol. The minimum absolute atomic E-state index is 0.308. The lowest BCUT2D eigenvalue weighted by atomic mass is 10.1. The fraction of sp³-hybridized carbons (Fsp3) is 0.857. The van der Waals surface area contributed by atoms with Crippen LogP contribution in [0, 0.1) is 0 Å². The van der Waals surface area contributed by atoms with Gasteiger partial charge in [-0.25, -0.2) is 0 Å². The molecule has 11 heavy (non-hydrogen) atoms. The Hall–Kier alpha value is -0.610. The first-order valence-electron chi connectivity index (χ1n) is 3.70. The second-order valence-corrected chi connectivity index (χ2v) is 2.82. The van der Waals surface area contributed by atoms with Gasteiger partial charge in [0.2, 0.25) is 5.79 Å². The maximum atomic E-state index is 10.6. The van der Waals surface area contributed by atoms with Crippen molar-refractivity contribution < 1.29 is 19.7 Å². The molecule has 0 aromatic heterocycles. The van der Waals surface area contributed by atoms with E-state index in [0.29, 0.717) is 6.42 Å². The Morgan fingerprint density at radius 3 is 2.73 bits per heavy atom.